The molecule has 0 saturated heterocycles. The van der Waals surface area contributed by atoms with E-state index in [-0.39, 0.29) is 11.7 Å². The van der Waals surface area contributed by atoms with Gasteiger partial charge in [-0.05, 0) is 47.0 Å². The Kier molecular flexibility index (Phi) is 6.01. The Balaban J connectivity index is 1.72. The zero-order valence-electron chi connectivity index (χ0n) is 14.1. The number of hydrogen-bond acceptors (Lipinski definition) is 4. The standard InChI is InChI=1S/C20H19FN4O/c21-18-5-1-4-17(11-18)19(24-13-15-6-9-22-10-7-15)20(26)25-14-16-3-2-8-23-12-16/h1-12,19,24H,13-14H2,(H,25,26). The van der Waals surface area contributed by atoms with Crippen LogP contribution >= 0.6 is 0 Å². The van der Waals surface area contributed by atoms with Crippen LogP contribution in [0.2, 0.25) is 0 Å². The average molecular weight is 350 g/mol. The van der Waals surface area contributed by atoms with E-state index in [2.05, 4.69) is 20.6 Å². The van der Waals surface area contributed by atoms with Crippen LogP contribution in [0.25, 0.3) is 0 Å². The third-order valence-corrected chi connectivity index (χ3v) is 3.89. The second-order valence-electron chi connectivity index (χ2n) is 5.80. The normalized spacial score (nSPS) is 11.7. The number of halogens is 1. The zero-order valence-corrected chi connectivity index (χ0v) is 14.1. The number of nitrogens with zero attached hydrogens (tertiary/aromatic N) is 2. The Morgan fingerprint density at radius 3 is 2.54 bits per heavy atom. The molecule has 1 amide bonds. The van der Waals surface area contributed by atoms with Crippen LogP contribution in [0.5, 0.6) is 0 Å². The van der Waals surface area contributed by atoms with Gasteiger partial charge in [0.1, 0.15) is 11.9 Å². The summed E-state index contributed by atoms with van der Waals surface area (Å²) in [6.07, 6.45) is 6.76. The Morgan fingerprint density at radius 1 is 0.962 bits per heavy atom. The monoisotopic (exact) mass is 350 g/mol. The number of carbonyl (C=O) groups excluding carboxylic acids is 1. The van der Waals surface area contributed by atoms with E-state index < -0.39 is 6.04 Å². The number of rotatable bonds is 7. The molecule has 1 aromatic carbocycles. The summed E-state index contributed by atoms with van der Waals surface area (Å²) in [7, 11) is 0. The Labute approximate surface area is 151 Å². The smallest absolute Gasteiger partial charge is 0.242 e. The predicted molar refractivity (Wildman–Crippen MR) is 96.3 cm³/mol. The molecule has 0 bridgehead atoms. The third-order valence-electron chi connectivity index (χ3n) is 3.89. The summed E-state index contributed by atoms with van der Waals surface area (Å²) in [6, 6.07) is 12.8. The SMILES string of the molecule is O=C(NCc1cccnc1)C(NCc1ccncc1)c1cccc(F)c1. The van der Waals surface area contributed by atoms with Crippen molar-refractivity contribution in [1.29, 1.82) is 0 Å². The number of nitrogens with one attached hydrogen (secondary N) is 2. The van der Waals surface area contributed by atoms with Crippen molar-refractivity contribution in [3.8, 4) is 0 Å². The van der Waals surface area contributed by atoms with Crippen LogP contribution in [0.1, 0.15) is 22.7 Å². The highest BCUT2D eigenvalue weighted by atomic mass is 19.1. The Bertz CT molecular complexity index is 843. The number of pyridine rings is 2. The molecule has 2 heterocycles. The molecule has 2 N–H and O–H groups in total. The summed E-state index contributed by atoms with van der Waals surface area (Å²) in [5, 5.41) is 6.07. The van der Waals surface area contributed by atoms with Gasteiger partial charge in [0.25, 0.3) is 0 Å². The fourth-order valence-electron chi connectivity index (χ4n) is 2.56. The van der Waals surface area contributed by atoms with Gasteiger partial charge in [0.2, 0.25) is 5.91 Å². The number of carbonyl (C=O) groups is 1. The molecule has 3 aromatic rings. The van der Waals surface area contributed by atoms with E-state index in [0.29, 0.717) is 18.7 Å². The zero-order chi connectivity index (χ0) is 18.2. The van der Waals surface area contributed by atoms with Crippen molar-refractivity contribution in [1.82, 2.24) is 20.6 Å². The maximum absolute atomic E-state index is 13.6. The molecule has 0 fully saturated rings. The van der Waals surface area contributed by atoms with Crippen molar-refractivity contribution in [3.63, 3.8) is 0 Å². The summed E-state index contributed by atoms with van der Waals surface area (Å²) in [4.78, 5) is 20.7. The van der Waals surface area contributed by atoms with Crippen LogP contribution < -0.4 is 10.6 Å². The number of amides is 1. The molecule has 1 atom stereocenters. The first kappa shape index (κ1) is 17.7. The highest BCUT2D eigenvalue weighted by molar-refractivity contribution is 5.83. The van der Waals surface area contributed by atoms with Gasteiger partial charge < -0.3 is 5.32 Å². The van der Waals surface area contributed by atoms with E-state index in [4.69, 9.17) is 0 Å². The molecule has 6 heteroatoms. The lowest BCUT2D eigenvalue weighted by Crippen LogP contribution is -2.37. The van der Waals surface area contributed by atoms with Crippen LogP contribution in [-0.4, -0.2) is 15.9 Å². The fraction of sp³-hybridized carbons (Fsp3) is 0.150. The van der Waals surface area contributed by atoms with Crippen molar-refractivity contribution >= 4 is 5.91 Å². The highest BCUT2D eigenvalue weighted by Crippen LogP contribution is 2.16. The molecule has 0 aliphatic heterocycles. The maximum atomic E-state index is 13.6. The van der Waals surface area contributed by atoms with Crippen molar-refractivity contribution < 1.29 is 9.18 Å². The summed E-state index contributed by atoms with van der Waals surface area (Å²) in [6.45, 7) is 0.819. The maximum Gasteiger partial charge on any atom is 0.242 e. The summed E-state index contributed by atoms with van der Waals surface area (Å²) < 4.78 is 13.6. The van der Waals surface area contributed by atoms with Crippen molar-refractivity contribution in [2.24, 2.45) is 0 Å². The molecule has 0 spiro atoms. The van der Waals surface area contributed by atoms with E-state index in [1.54, 1.807) is 36.9 Å². The molecular weight excluding hydrogens is 331 g/mol. The topological polar surface area (TPSA) is 66.9 Å². The quantitative estimate of drug-likeness (QED) is 0.688. The van der Waals surface area contributed by atoms with Gasteiger partial charge in [-0.2, -0.15) is 0 Å². The van der Waals surface area contributed by atoms with E-state index >= 15 is 0 Å². The molecule has 1 unspecified atom stereocenters. The lowest BCUT2D eigenvalue weighted by molar-refractivity contribution is -0.123. The molecule has 2 aromatic heterocycles. The second-order valence-corrected chi connectivity index (χ2v) is 5.80. The van der Waals surface area contributed by atoms with E-state index in [0.717, 1.165) is 11.1 Å². The first-order valence-electron chi connectivity index (χ1n) is 8.27. The average Bonchev–Trinajstić information content (AvgIpc) is 2.68. The lowest BCUT2D eigenvalue weighted by Gasteiger charge is -2.19. The number of aromatic nitrogens is 2. The van der Waals surface area contributed by atoms with Gasteiger partial charge in [-0.15, -0.1) is 0 Å². The minimum Gasteiger partial charge on any atom is -0.350 e. The van der Waals surface area contributed by atoms with Crippen LogP contribution in [-0.2, 0) is 17.9 Å². The molecule has 0 aliphatic rings. The lowest BCUT2D eigenvalue weighted by atomic mass is 10.1. The van der Waals surface area contributed by atoms with Gasteiger partial charge >= 0.3 is 0 Å². The molecule has 26 heavy (non-hydrogen) atoms. The van der Waals surface area contributed by atoms with E-state index in [9.17, 15) is 9.18 Å². The van der Waals surface area contributed by atoms with Gasteiger partial charge in [0, 0.05) is 37.9 Å². The van der Waals surface area contributed by atoms with E-state index in [1.165, 1.54) is 12.1 Å². The molecule has 3 rings (SSSR count). The molecule has 0 aliphatic carbocycles. The van der Waals surface area contributed by atoms with Crippen molar-refractivity contribution in [3.05, 3.63) is 95.8 Å². The molecule has 5 nitrogen and oxygen atoms in total. The Morgan fingerprint density at radius 2 is 1.81 bits per heavy atom. The summed E-state index contributed by atoms with van der Waals surface area (Å²) in [5.41, 5.74) is 2.46. The highest BCUT2D eigenvalue weighted by Gasteiger charge is 2.20. The fourth-order valence-corrected chi connectivity index (χ4v) is 2.56. The third kappa shape index (κ3) is 4.94. The molecule has 0 saturated carbocycles. The Hall–Kier alpha value is -3.12. The van der Waals surface area contributed by atoms with Crippen molar-refractivity contribution in [2.45, 2.75) is 19.1 Å². The van der Waals surface area contributed by atoms with Gasteiger partial charge in [-0.25, -0.2) is 4.39 Å². The van der Waals surface area contributed by atoms with E-state index in [1.807, 2.05) is 24.3 Å². The summed E-state index contributed by atoms with van der Waals surface area (Å²) in [5.74, 6) is -0.605. The van der Waals surface area contributed by atoms with Crippen LogP contribution in [0.15, 0.2) is 73.3 Å². The van der Waals surface area contributed by atoms with Gasteiger partial charge in [0.05, 0.1) is 0 Å². The van der Waals surface area contributed by atoms with Crippen LogP contribution in [0, 0.1) is 5.82 Å². The minimum atomic E-state index is -0.671. The number of hydrogen-bond donors (Lipinski definition) is 2. The second kappa shape index (κ2) is 8.82. The predicted octanol–water partition coefficient (Wildman–Crippen LogP) is 2.76. The van der Waals surface area contributed by atoms with Crippen LogP contribution in [0.3, 0.4) is 0 Å². The van der Waals surface area contributed by atoms with Crippen LogP contribution in [0.4, 0.5) is 4.39 Å². The molecule has 132 valence electrons. The first-order valence-corrected chi connectivity index (χ1v) is 8.27. The first-order chi connectivity index (χ1) is 12.7. The largest absolute Gasteiger partial charge is 0.350 e. The number of benzene rings is 1. The van der Waals surface area contributed by atoms with Gasteiger partial charge in [0.15, 0.2) is 0 Å². The van der Waals surface area contributed by atoms with Crippen molar-refractivity contribution in [2.75, 3.05) is 0 Å². The summed E-state index contributed by atoms with van der Waals surface area (Å²) >= 11 is 0. The van der Waals surface area contributed by atoms with Gasteiger partial charge in [-0.1, -0.05) is 18.2 Å². The van der Waals surface area contributed by atoms with Gasteiger partial charge in [-0.3, -0.25) is 20.1 Å². The minimum absolute atomic E-state index is 0.228. The molecule has 0 radical (unpaired) electrons. The molecular formula is C20H19FN4O.